The van der Waals surface area contributed by atoms with E-state index >= 15 is 0 Å². The number of alkyl halides is 3. The molecule has 3 aromatic rings. The van der Waals surface area contributed by atoms with E-state index in [0.29, 0.717) is 23.7 Å². The molecule has 34 heavy (non-hydrogen) atoms. The van der Waals surface area contributed by atoms with Crippen molar-refractivity contribution >= 4 is 5.91 Å². The van der Waals surface area contributed by atoms with Gasteiger partial charge in [-0.3, -0.25) is 9.78 Å². The minimum absolute atomic E-state index is 0.0195. The molecule has 2 aromatic heterocycles. The summed E-state index contributed by atoms with van der Waals surface area (Å²) in [6.07, 6.45) is -0.906. The summed E-state index contributed by atoms with van der Waals surface area (Å²) in [5.41, 5.74) is -1.64. The third kappa shape index (κ3) is 3.90. The van der Waals surface area contributed by atoms with Crippen molar-refractivity contribution in [3.8, 4) is 17.2 Å². The van der Waals surface area contributed by atoms with Crippen molar-refractivity contribution in [3.05, 3.63) is 71.3 Å². The average molecular weight is 473 g/mol. The molecule has 1 amide bonds. The number of pyridine rings is 1. The predicted molar refractivity (Wildman–Crippen MR) is 112 cm³/mol. The fraction of sp³-hybridized carbons (Fsp3) is 0.304. The minimum Gasteiger partial charge on any atom is -0.374 e. The number of imidazole rings is 1. The molecule has 0 bridgehead atoms. The van der Waals surface area contributed by atoms with Gasteiger partial charge in [-0.05, 0) is 32.0 Å². The van der Waals surface area contributed by atoms with Crippen molar-refractivity contribution in [2.24, 2.45) is 0 Å². The largest absolute Gasteiger partial charge is 0.424 e. The first-order chi connectivity index (χ1) is 15.9. The van der Waals surface area contributed by atoms with E-state index in [1.165, 1.54) is 46.3 Å². The first-order valence-electron chi connectivity index (χ1n) is 10.2. The number of hydrogen-bond acceptors (Lipinski definition) is 5. The number of halogens is 4. The average Bonchev–Trinajstić information content (AvgIpc) is 3.23. The summed E-state index contributed by atoms with van der Waals surface area (Å²) in [6, 6.07) is 6.57. The minimum atomic E-state index is -4.92. The van der Waals surface area contributed by atoms with Gasteiger partial charge in [-0.15, -0.1) is 0 Å². The van der Waals surface area contributed by atoms with E-state index < -0.39 is 35.4 Å². The van der Waals surface area contributed by atoms with E-state index in [9.17, 15) is 32.7 Å². The van der Waals surface area contributed by atoms with Crippen LogP contribution in [0.4, 0.5) is 17.6 Å². The zero-order valence-electron chi connectivity index (χ0n) is 18.1. The van der Waals surface area contributed by atoms with Crippen LogP contribution in [0.25, 0.3) is 11.1 Å². The van der Waals surface area contributed by atoms with E-state index in [4.69, 9.17) is 0 Å². The summed E-state index contributed by atoms with van der Waals surface area (Å²) in [7, 11) is 0. The summed E-state index contributed by atoms with van der Waals surface area (Å²) in [5, 5.41) is 19.4. The van der Waals surface area contributed by atoms with E-state index in [1.54, 1.807) is 6.92 Å². The van der Waals surface area contributed by atoms with Crippen LogP contribution in [0.2, 0.25) is 0 Å². The third-order valence-corrected chi connectivity index (χ3v) is 5.82. The maximum Gasteiger partial charge on any atom is 0.424 e. The molecule has 0 aliphatic carbocycles. The first kappa shape index (κ1) is 23.4. The van der Waals surface area contributed by atoms with Gasteiger partial charge in [-0.1, -0.05) is 6.07 Å². The highest BCUT2D eigenvalue weighted by Gasteiger charge is 2.55. The van der Waals surface area contributed by atoms with Crippen molar-refractivity contribution in [3.63, 3.8) is 0 Å². The summed E-state index contributed by atoms with van der Waals surface area (Å²) in [5.74, 6) is -1.51. The van der Waals surface area contributed by atoms with Crippen LogP contribution in [0.5, 0.6) is 0 Å². The second-order valence-corrected chi connectivity index (χ2v) is 8.31. The quantitative estimate of drug-likeness (QED) is 0.582. The van der Waals surface area contributed by atoms with Gasteiger partial charge < -0.3 is 14.6 Å². The molecule has 0 saturated heterocycles. The molecule has 4 rings (SSSR count). The summed E-state index contributed by atoms with van der Waals surface area (Å²) in [4.78, 5) is 22.6. The standard InChI is InChI=1S/C23H19F4N5O2/c1-13-11-31(12-18-10-30-21(32(13)18)22(2,34)23(25,26)27)20(33)16-5-15(8-29-9-16)19-4-3-17(24)6-14(19)7-28/h3-6,8-10,13,34H,11-12H2,1-2H3/t13-,22?/m0/s1. The first-order valence-corrected chi connectivity index (χ1v) is 10.2. The van der Waals surface area contributed by atoms with Gasteiger partial charge in [0.05, 0.1) is 41.7 Å². The summed E-state index contributed by atoms with van der Waals surface area (Å²) >= 11 is 0. The van der Waals surface area contributed by atoms with Crippen LogP contribution in [0, 0.1) is 17.1 Å². The number of fused-ring (bicyclic) bond motifs is 1. The van der Waals surface area contributed by atoms with Gasteiger partial charge >= 0.3 is 6.18 Å². The van der Waals surface area contributed by atoms with E-state index in [0.717, 1.165) is 6.07 Å². The highest BCUT2D eigenvalue weighted by atomic mass is 19.4. The van der Waals surface area contributed by atoms with Crippen LogP contribution >= 0.6 is 0 Å². The van der Waals surface area contributed by atoms with Crippen LogP contribution in [0.3, 0.4) is 0 Å². The molecule has 1 aromatic carbocycles. The lowest BCUT2D eigenvalue weighted by molar-refractivity contribution is -0.263. The highest BCUT2D eigenvalue weighted by molar-refractivity contribution is 5.95. The van der Waals surface area contributed by atoms with Crippen molar-refractivity contribution < 1.29 is 27.5 Å². The van der Waals surface area contributed by atoms with Crippen LogP contribution in [-0.2, 0) is 12.1 Å². The maximum absolute atomic E-state index is 13.5. The Bertz CT molecular complexity index is 1310. The number of amides is 1. The lowest BCUT2D eigenvalue weighted by Crippen LogP contribution is -2.45. The zero-order valence-corrected chi connectivity index (χ0v) is 18.1. The number of hydrogen-bond donors (Lipinski definition) is 1. The third-order valence-electron chi connectivity index (χ3n) is 5.82. The maximum atomic E-state index is 13.5. The Morgan fingerprint density at radius 1 is 1.24 bits per heavy atom. The molecule has 1 aliphatic rings. The molecule has 2 atom stereocenters. The molecule has 11 heteroatoms. The fourth-order valence-electron chi connectivity index (χ4n) is 4.05. The molecule has 3 heterocycles. The highest BCUT2D eigenvalue weighted by Crippen LogP contribution is 2.40. The predicted octanol–water partition coefficient (Wildman–Crippen LogP) is 3.94. The number of carbonyl (C=O) groups is 1. The van der Waals surface area contributed by atoms with E-state index in [-0.39, 0.29) is 24.2 Å². The van der Waals surface area contributed by atoms with Crippen molar-refractivity contribution in [2.45, 2.75) is 38.2 Å². The molecular weight excluding hydrogens is 454 g/mol. The molecule has 0 fully saturated rings. The van der Waals surface area contributed by atoms with Gasteiger partial charge in [-0.2, -0.15) is 18.4 Å². The number of rotatable bonds is 3. The van der Waals surface area contributed by atoms with Gasteiger partial charge in [0, 0.05) is 30.1 Å². The van der Waals surface area contributed by atoms with Crippen LogP contribution in [-0.4, -0.2) is 43.2 Å². The Morgan fingerprint density at radius 3 is 2.65 bits per heavy atom. The Hall–Kier alpha value is -3.78. The van der Waals surface area contributed by atoms with Crippen LogP contribution < -0.4 is 0 Å². The Balaban J connectivity index is 1.64. The van der Waals surface area contributed by atoms with Crippen LogP contribution in [0.1, 0.15) is 47.3 Å². The second kappa shape index (κ2) is 8.22. The van der Waals surface area contributed by atoms with Crippen molar-refractivity contribution in [2.75, 3.05) is 6.54 Å². The number of nitriles is 1. The molecule has 1 N–H and O–H groups in total. The Labute approximate surface area is 191 Å². The number of aliphatic hydroxyl groups is 1. The fourth-order valence-corrected chi connectivity index (χ4v) is 4.05. The number of carbonyl (C=O) groups excluding carboxylic acids is 1. The van der Waals surface area contributed by atoms with Gasteiger partial charge in [0.2, 0.25) is 5.60 Å². The topological polar surface area (TPSA) is 95.0 Å². The SMILES string of the molecule is C[C@H]1CN(C(=O)c2cncc(-c3ccc(F)cc3C#N)c2)Cc2cnc(C(C)(O)C(F)(F)F)n21. The molecule has 1 unspecified atom stereocenters. The lowest BCUT2D eigenvalue weighted by Gasteiger charge is -2.36. The summed E-state index contributed by atoms with van der Waals surface area (Å²) < 4.78 is 54.9. The molecule has 0 radical (unpaired) electrons. The van der Waals surface area contributed by atoms with E-state index in [2.05, 4.69) is 9.97 Å². The molecule has 0 spiro atoms. The molecule has 1 aliphatic heterocycles. The Morgan fingerprint density at radius 2 is 1.97 bits per heavy atom. The lowest BCUT2D eigenvalue weighted by atomic mass is 10.00. The second-order valence-electron chi connectivity index (χ2n) is 8.31. The van der Waals surface area contributed by atoms with Crippen LogP contribution in [0.15, 0.2) is 42.9 Å². The van der Waals surface area contributed by atoms with Gasteiger partial charge in [0.1, 0.15) is 5.82 Å². The molecular formula is C23H19F4N5O2. The van der Waals surface area contributed by atoms with Gasteiger partial charge in [0.25, 0.3) is 5.91 Å². The van der Waals surface area contributed by atoms with Crippen molar-refractivity contribution in [1.82, 2.24) is 19.4 Å². The number of nitrogens with zero attached hydrogens (tertiary/aromatic N) is 5. The van der Waals surface area contributed by atoms with Gasteiger partial charge in [-0.25, -0.2) is 9.37 Å². The molecule has 176 valence electrons. The van der Waals surface area contributed by atoms with Gasteiger partial charge in [0.15, 0.2) is 5.82 Å². The summed E-state index contributed by atoms with van der Waals surface area (Å²) in [6.45, 7) is 2.34. The number of benzene rings is 1. The number of aromatic nitrogens is 3. The van der Waals surface area contributed by atoms with E-state index in [1.807, 2.05) is 6.07 Å². The normalized spacial score (nSPS) is 17.6. The molecule has 7 nitrogen and oxygen atoms in total. The monoisotopic (exact) mass is 473 g/mol. The van der Waals surface area contributed by atoms with Crippen molar-refractivity contribution in [1.29, 1.82) is 5.26 Å². The smallest absolute Gasteiger partial charge is 0.374 e. The zero-order chi connectivity index (χ0) is 24.8. The Kier molecular flexibility index (Phi) is 5.65. The molecule has 0 saturated carbocycles.